The maximum absolute atomic E-state index is 10.8. The number of rotatable bonds is 5. The molecule has 0 aromatic rings. The summed E-state index contributed by atoms with van der Waals surface area (Å²) in [6.07, 6.45) is 4.44. The lowest BCUT2D eigenvalue weighted by molar-refractivity contribution is -0.00458. The highest BCUT2D eigenvalue weighted by Gasteiger charge is 2.32. The van der Waals surface area contributed by atoms with Crippen molar-refractivity contribution >= 4 is 7.60 Å². The first-order valence-electron chi connectivity index (χ1n) is 11.5. The molecule has 0 spiro atoms. The molecule has 1 saturated carbocycles. The molecule has 2 saturated heterocycles. The first kappa shape index (κ1) is 30.0. The Hall–Kier alpha value is 0.0300. The molecular weight excluding hydrogens is 397 g/mol. The molecule has 0 bridgehead atoms. The van der Waals surface area contributed by atoms with Crippen LogP contribution in [0.25, 0.3) is 0 Å². The highest BCUT2D eigenvalue weighted by atomic mass is 31.2. The fourth-order valence-electron chi connectivity index (χ4n) is 3.79. The molecule has 0 aromatic carbocycles. The number of hydrogen-bond donors (Lipinski definition) is 2. The molecule has 3 fully saturated rings. The number of hydrogen-bond acceptors (Lipinski definition) is 5. The van der Waals surface area contributed by atoms with Crippen LogP contribution in [-0.4, -0.2) is 71.8 Å². The average Bonchev–Trinajstić information content (AvgIpc) is 2.80. The van der Waals surface area contributed by atoms with Crippen molar-refractivity contribution in [3.8, 4) is 0 Å². The quantitative estimate of drug-likeness (QED) is 0.594. The molecule has 2 heterocycles. The largest absolute Gasteiger partial charge is 0.326 e. The molecule has 1 aliphatic carbocycles. The summed E-state index contributed by atoms with van der Waals surface area (Å²) in [6.45, 7) is 20.6. The zero-order chi connectivity index (χ0) is 22.4. The third-order valence-corrected chi connectivity index (χ3v) is 7.16. The molecule has 0 aromatic heterocycles. The summed E-state index contributed by atoms with van der Waals surface area (Å²) in [7, 11) is -3.27. The summed E-state index contributed by atoms with van der Waals surface area (Å²) in [5.74, 6) is 2.72. The molecule has 30 heavy (non-hydrogen) atoms. The van der Waals surface area contributed by atoms with Crippen LogP contribution in [0.2, 0.25) is 0 Å². The molecule has 3 atom stereocenters. The van der Waals surface area contributed by atoms with Gasteiger partial charge in [-0.05, 0) is 45.4 Å². The van der Waals surface area contributed by atoms with Crippen LogP contribution < -0.4 is 5.73 Å². The van der Waals surface area contributed by atoms with Crippen LogP contribution in [0.3, 0.4) is 0 Å². The van der Waals surface area contributed by atoms with E-state index in [0.29, 0.717) is 24.0 Å². The Morgan fingerprint density at radius 1 is 0.967 bits per heavy atom. The summed E-state index contributed by atoms with van der Waals surface area (Å²) >= 11 is 0. The Bertz CT molecular complexity index is 490. The van der Waals surface area contributed by atoms with Gasteiger partial charge in [0.15, 0.2) is 0 Å². The lowest BCUT2D eigenvalue weighted by Gasteiger charge is -2.41. The van der Waals surface area contributed by atoms with Gasteiger partial charge in [-0.15, -0.1) is 0 Å². The summed E-state index contributed by atoms with van der Waals surface area (Å²) in [6, 6.07) is 1.57. The molecule has 0 radical (unpaired) electrons. The minimum Gasteiger partial charge on any atom is -0.326 e. The maximum Gasteiger partial charge on any atom is 0.325 e. The van der Waals surface area contributed by atoms with E-state index in [1.807, 2.05) is 0 Å². The summed E-state index contributed by atoms with van der Waals surface area (Å²) in [4.78, 5) is 13.5. The first-order valence-corrected chi connectivity index (χ1v) is 13.5. The number of nitrogens with zero attached hydrogens (tertiary/aromatic N) is 2. The van der Waals surface area contributed by atoms with Crippen LogP contribution >= 0.6 is 7.60 Å². The predicted octanol–water partition coefficient (Wildman–Crippen LogP) is 4.66. The lowest BCUT2D eigenvalue weighted by Crippen LogP contribution is -2.54. The summed E-state index contributed by atoms with van der Waals surface area (Å²) in [5.41, 5.74) is 5.86. The van der Waals surface area contributed by atoms with Crippen molar-refractivity contribution in [1.82, 2.24) is 9.80 Å². The Labute approximate surface area is 187 Å². The third-order valence-electron chi connectivity index (χ3n) is 6.47. The molecule has 6 nitrogen and oxygen atoms in total. The summed E-state index contributed by atoms with van der Waals surface area (Å²) in [5, 5.41) is 0. The van der Waals surface area contributed by atoms with Crippen LogP contribution in [0.4, 0.5) is 0 Å². The topological polar surface area (TPSA) is 79.0 Å². The van der Waals surface area contributed by atoms with Gasteiger partial charge in [0.05, 0.1) is 6.10 Å². The second kappa shape index (κ2) is 13.5. The molecule has 0 amide bonds. The highest BCUT2D eigenvalue weighted by molar-refractivity contribution is 7.51. The van der Waals surface area contributed by atoms with Crippen molar-refractivity contribution in [1.29, 1.82) is 0 Å². The fourth-order valence-corrected chi connectivity index (χ4v) is 4.48. The van der Waals surface area contributed by atoms with Crippen molar-refractivity contribution < 1.29 is 14.0 Å². The molecule has 182 valence electrons. The third kappa shape index (κ3) is 11.1. The van der Waals surface area contributed by atoms with Gasteiger partial charge in [-0.2, -0.15) is 0 Å². The van der Waals surface area contributed by atoms with Gasteiger partial charge in [-0.25, -0.2) is 0 Å². The zero-order valence-corrected chi connectivity index (χ0v) is 21.1. The van der Waals surface area contributed by atoms with Gasteiger partial charge in [-0.1, -0.05) is 47.5 Å². The Morgan fingerprint density at radius 2 is 1.43 bits per heavy atom. The van der Waals surface area contributed by atoms with Gasteiger partial charge >= 0.3 is 7.60 Å². The van der Waals surface area contributed by atoms with E-state index >= 15 is 0 Å². The van der Waals surface area contributed by atoms with Crippen LogP contribution in [0.15, 0.2) is 0 Å². The minimum absolute atomic E-state index is 0. The van der Waals surface area contributed by atoms with Gasteiger partial charge in [0.2, 0.25) is 0 Å². The van der Waals surface area contributed by atoms with Crippen LogP contribution in [0, 0.1) is 17.8 Å². The average molecular weight is 450 g/mol. The molecular formula is C23H52N3O3P. The highest BCUT2D eigenvalue weighted by Crippen LogP contribution is 2.40. The van der Waals surface area contributed by atoms with Crippen LogP contribution in [0.5, 0.6) is 0 Å². The van der Waals surface area contributed by atoms with E-state index in [1.54, 1.807) is 0 Å². The second-order valence-corrected chi connectivity index (χ2v) is 12.0. The minimum atomic E-state index is -3.27. The van der Waals surface area contributed by atoms with E-state index in [1.165, 1.54) is 32.5 Å². The smallest absolute Gasteiger partial charge is 0.325 e. The van der Waals surface area contributed by atoms with E-state index in [2.05, 4.69) is 58.3 Å². The van der Waals surface area contributed by atoms with Crippen LogP contribution in [-0.2, 0) is 9.09 Å². The molecule has 2 aliphatic heterocycles. The van der Waals surface area contributed by atoms with E-state index in [9.17, 15) is 4.57 Å². The molecule has 3 aliphatic rings. The maximum atomic E-state index is 10.8. The van der Waals surface area contributed by atoms with Crippen LogP contribution in [0.1, 0.15) is 75.2 Å². The predicted molar refractivity (Wildman–Crippen MR) is 130 cm³/mol. The van der Waals surface area contributed by atoms with Crippen molar-refractivity contribution in [3.63, 3.8) is 0 Å². The summed E-state index contributed by atoms with van der Waals surface area (Å²) < 4.78 is 15.7. The standard InChI is InChI=1S/C8H18N2.C7H16NO3P.C7H14.CH4/c1-6(2)10-4-7(3)8(9)5-10;1-6(2)8-4-7(5-8)11-12(3,9)10;1-6(2)7-4-3-5-7;/h6-8H,4-5,9H2,1-3H3;6-7H,4-5H2,1-3H3,(H,9,10);6-7H,3-5H2,1-2H3;1H4. The lowest BCUT2D eigenvalue weighted by atomic mass is 9.78. The monoisotopic (exact) mass is 449 g/mol. The van der Waals surface area contributed by atoms with Gasteiger partial charge in [-0.3, -0.25) is 14.4 Å². The first-order chi connectivity index (χ1) is 13.3. The molecule has 7 heteroatoms. The van der Waals surface area contributed by atoms with E-state index < -0.39 is 7.60 Å². The zero-order valence-electron chi connectivity index (χ0n) is 20.2. The van der Waals surface area contributed by atoms with Crippen molar-refractivity contribution in [2.75, 3.05) is 32.8 Å². The Balaban J connectivity index is 0.000000427. The van der Waals surface area contributed by atoms with E-state index in [-0.39, 0.29) is 13.5 Å². The van der Waals surface area contributed by atoms with Crippen molar-refractivity contribution in [3.05, 3.63) is 0 Å². The second-order valence-electron chi connectivity index (χ2n) is 10.2. The molecule has 3 rings (SSSR count). The number of likely N-dealkylation sites (tertiary alicyclic amines) is 2. The van der Waals surface area contributed by atoms with Gasteiger partial charge in [0, 0.05) is 51.0 Å². The Kier molecular flexibility index (Phi) is 13.6. The number of nitrogens with two attached hydrogens (primary N) is 1. The van der Waals surface area contributed by atoms with Gasteiger partial charge in [0.25, 0.3) is 0 Å². The van der Waals surface area contributed by atoms with E-state index in [4.69, 9.17) is 15.2 Å². The van der Waals surface area contributed by atoms with Gasteiger partial charge < -0.3 is 15.2 Å². The van der Waals surface area contributed by atoms with Gasteiger partial charge in [0.1, 0.15) is 0 Å². The van der Waals surface area contributed by atoms with Crippen molar-refractivity contribution in [2.45, 2.75) is 99.4 Å². The Morgan fingerprint density at radius 3 is 1.63 bits per heavy atom. The van der Waals surface area contributed by atoms with Crippen molar-refractivity contribution in [2.24, 2.45) is 23.5 Å². The van der Waals surface area contributed by atoms with E-state index in [0.717, 1.165) is 31.5 Å². The fraction of sp³-hybridized carbons (Fsp3) is 1.00. The SMILES string of the molecule is C.CC(C)C1CCC1.CC(C)N1CC(OP(C)(=O)O)C1.CC1CN(C(C)C)CC1N. The normalized spacial score (nSPS) is 27.4. The molecule has 3 N–H and O–H groups in total. The molecule has 3 unspecified atom stereocenters.